The summed E-state index contributed by atoms with van der Waals surface area (Å²) in [4.78, 5) is 12.5. The molecule has 0 saturated carbocycles. The van der Waals surface area contributed by atoms with Gasteiger partial charge in [-0.25, -0.2) is 0 Å². The van der Waals surface area contributed by atoms with Gasteiger partial charge in [0.2, 0.25) is 0 Å². The average Bonchev–Trinajstić information content (AvgIpc) is 2.54. The van der Waals surface area contributed by atoms with Gasteiger partial charge in [0.25, 0.3) is 0 Å². The van der Waals surface area contributed by atoms with Crippen molar-refractivity contribution in [1.82, 2.24) is 0 Å². The fourth-order valence-corrected chi connectivity index (χ4v) is 2.84. The average molecular weight is 387 g/mol. The van der Waals surface area contributed by atoms with E-state index in [1.807, 2.05) is 0 Å². The SMILES string of the molecule is COc1cc(C(=O)CC(O)c2cc(OC)c(O)cc2Cl)c(Cl)cc1O. The fraction of sp³-hybridized carbons (Fsp3) is 0.235. The van der Waals surface area contributed by atoms with Crippen molar-refractivity contribution in [3.8, 4) is 23.0 Å². The summed E-state index contributed by atoms with van der Waals surface area (Å²) >= 11 is 12.0. The second-order valence-electron chi connectivity index (χ2n) is 5.19. The van der Waals surface area contributed by atoms with Crippen molar-refractivity contribution in [2.75, 3.05) is 14.2 Å². The maximum atomic E-state index is 12.5. The third-order valence-corrected chi connectivity index (χ3v) is 4.24. The van der Waals surface area contributed by atoms with Gasteiger partial charge in [-0.1, -0.05) is 23.2 Å². The molecule has 0 aliphatic heterocycles. The number of rotatable bonds is 6. The molecular formula is C17H16Cl2O6. The second-order valence-corrected chi connectivity index (χ2v) is 6.01. The van der Waals surface area contributed by atoms with Crippen LogP contribution in [-0.2, 0) is 0 Å². The molecule has 0 heterocycles. The van der Waals surface area contributed by atoms with E-state index in [9.17, 15) is 20.1 Å². The summed E-state index contributed by atoms with van der Waals surface area (Å²) in [5, 5.41) is 29.8. The van der Waals surface area contributed by atoms with E-state index in [0.29, 0.717) is 0 Å². The Morgan fingerprint density at radius 2 is 1.52 bits per heavy atom. The zero-order valence-electron chi connectivity index (χ0n) is 13.4. The van der Waals surface area contributed by atoms with Crippen molar-refractivity contribution in [1.29, 1.82) is 0 Å². The first-order valence-corrected chi connectivity index (χ1v) is 7.88. The highest BCUT2D eigenvalue weighted by Gasteiger charge is 2.22. The highest BCUT2D eigenvalue weighted by atomic mass is 35.5. The van der Waals surface area contributed by atoms with E-state index in [1.165, 1.54) is 38.5 Å². The number of benzene rings is 2. The van der Waals surface area contributed by atoms with E-state index >= 15 is 0 Å². The molecule has 6 nitrogen and oxygen atoms in total. The van der Waals surface area contributed by atoms with Crippen LogP contribution in [0.1, 0.15) is 28.4 Å². The number of ether oxygens (including phenoxy) is 2. The first-order valence-electron chi connectivity index (χ1n) is 7.12. The van der Waals surface area contributed by atoms with Gasteiger partial charge >= 0.3 is 0 Å². The van der Waals surface area contributed by atoms with Gasteiger partial charge in [0.1, 0.15) is 0 Å². The van der Waals surface area contributed by atoms with Gasteiger partial charge in [0.15, 0.2) is 28.8 Å². The standard InChI is InChI=1S/C17H16Cl2O6/c1-24-16-3-8(10(18)5-14(16)22)12(20)7-13(21)9-4-17(25-2)15(23)6-11(9)19/h3-6,12,20,22-23H,7H2,1-2H3. The molecule has 0 spiro atoms. The summed E-state index contributed by atoms with van der Waals surface area (Å²) in [7, 11) is 2.70. The van der Waals surface area contributed by atoms with E-state index < -0.39 is 11.9 Å². The van der Waals surface area contributed by atoms with Gasteiger partial charge < -0.3 is 24.8 Å². The number of hydrogen-bond donors (Lipinski definition) is 3. The Kier molecular flexibility index (Phi) is 6.00. The van der Waals surface area contributed by atoms with Gasteiger partial charge in [0, 0.05) is 29.7 Å². The Bertz CT molecular complexity index is 806. The molecule has 0 aliphatic carbocycles. The predicted molar refractivity (Wildman–Crippen MR) is 93.2 cm³/mol. The minimum Gasteiger partial charge on any atom is -0.504 e. The minimum atomic E-state index is -1.25. The van der Waals surface area contributed by atoms with Gasteiger partial charge in [-0.2, -0.15) is 0 Å². The summed E-state index contributed by atoms with van der Waals surface area (Å²) < 4.78 is 9.93. The Labute approximate surface area is 154 Å². The Morgan fingerprint density at radius 3 is 2.08 bits per heavy atom. The molecule has 25 heavy (non-hydrogen) atoms. The number of phenolic OH excluding ortho intramolecular Hbond substituents is 2. The third kappa shape index (κ3) is 4.10. The van der Waals surface area contributed by atoms with Crippen LogP contribution < -0.4 is 9.47 Å². The number of phenols is 2. The van der Waals surface area contributed by atoms with Crippen LogP contribution in [0.3, 0.4) is 0 Å². The molecule has 1 unspecified atom stereocenters. The summed E-state index contributed by atoms with van der Waals surface area (Å²) in [5.74, 6) is -0.641. The Hall–Kier alpha value is -2.15. The van der Waals surface area contributed by atoms with E-state index in [-0.39, 0.29) is 50.6 Å². The number of aromatic hydroxyl groups is 2. The highest BCUT2D eigenvalue weighted by Crippen LogP contribution is 2.37. The topological polar surface area (TPSA) is 96.2 Å². The molecule has 0 amide bonds. The molecule has 134 valence electrons. The third-order valence-electron chi connectivity index (χ3n) is 3.60. The summed E-state index contributed by atoms with van der Waals surface area (Å²) in [5.41, 5.74) is 0.323. The number of aliphatic hydroxyl groups is 1. The monoisotopic (exact) mass is 386 g/mol. The highest BCUT2D eigenvalue weighted by molar-refractivity contribution is 6.34. The van der Waals surface area contributed by atoms with Crippen molar-refractivity contribution in [2.24, 2.45) is 0 Å². The van der Waals surface area contributed by atoms with Crippen LogP contribution in [0.25, 0.3) is 0 Å². The Morgan fingerprint density at radius 1 is 1.00 bits per heavy atom. The number of carbonyl (C=O) groups excluding carboxylic acids is 1. The summed E-state index contributed by atoms with van der Waals surface area (Å²) in [6.07, 6.45) is -1.56. The number of carbonyl (C=O) groups is 1. The minimum absolute atomic E-state index is 0.0323. The molecule has 2 aromatic carbocycles. The molecule has 0 bridgehead atoms. The molecule has 3 N–H and O–H groups in total. The molecule has 0 saturated heterocycles. The lowest BCUT2D eigenvalue weighted by Gasteiger charge is -2.15. The summed E-state index contributed by atoms with van der Waals surface area (Å²) in [6.45, 7) is 0. The lowest BCUT2D eigenvalue weighted by molar-refractivity contribution is 0.0879. The first-order chi connectivity index (χ1) is 11.8. The second kappa shape index (κ2) is 7.82. The number of hydrogen-bond acceptors (Lipinski definition) is 6. The van der Waals surface area contributed by atoms with Gasteiger partial charge in [-0.15, -0.1) is 0 Å². The van der Waals surface area contributed by atoms with Crippen molar-refractivity contribution < 1.29 is 29.6 Å². The number of methoxy groups -OCH3 is 2. The van der Waals surface area contributed by atoms with Crippen LogP contribution in [0.5, 0.6) is 23.0 Å². The van der Waals surface area contributed by atoms with Crippen molar-refractivity contribution in [3.63, 3.8) is 0 Å². The maximum Gasteiger partial charge on any atom is 0.167 e. The normalized spacial score (nSPS) is 11.9. The van der Waals surface area contributed by atoms with Crippen LogP contribution in [0.4, 0.5) is 0 Å². The van der Waals surface area contributed by atoms with Gasteiger partial charge in [0.05, 0.1) is 30.4 Å². The predicted octanol–water partition coefficient (Wildman–Crippen LogP) is 3.73. The van der Waals surface area contributed by atoms with E-state index in [4.69, 9.17) is 32.7 Å². The molecule has 1 atom stereocenters. The van der Waals surface area contributed by atoms with Crippen LogP contribution >= 0.6 is 23.2 Å². The molecule has 0 fully saturated rings. The molecule has 0 radical (unpaired) electrons. The van der Waals surface area contributed by atoms with Crippen molar-refractivity contribution in [2.45, 2.75) is 12.5 Å². The smallest absolute Gasteiger partial charge is 0.167 e. The van der Waals surface area contributed by atoms with E-state index in [1.54, 1.807) is 0 Å². The van der Waals surface area contributed by atoms with Crippen LogP contribution in [-0.4, -0.2) is 35.3 Å². The zero-order chi connectivity index (χ0) is 18.7. The molecule has 0 aliphatic rings. The maximum absolute atomic E-state index is 12.5. The van der Waals surface area contributed by atoms with E-state index in [2.05, 4.69) is 0 Å². The largest absolute Gasteiger partial charge is 0.504 e. The first kappa shape index (κ1) is 19.2. The quantitative estimate of drug-likeness (QED) is 0.654. The molecule has 8 heteroatoms. The van der Waals surface area contributed by atoms with E-state index in [0.717, 1.165) is 0 Å². The molecular weight excluding hydrogens is 371 g/mol. The zero-order valence-corrected chi connectivity index (χ0v) is 14.9. The van der Waals surface area contributed by atoms with Gasteiger partial charge in [-0.05, 0) is 12.1 Å². The van der Waals surface area contributed by atoms with Crippen molar-refractivity contribution in [3.05, 3.63) is 45.4 Å². The molecule has 2 rings (SSSR count). The van der Waals surface area contributed by atoms with Crippen molar-refractivity contribution >= 4 is 29.0 Å². The Balaban J connectivity index is 2.29. The lowest BCUT2D eigenvalue weighted by Crippen LogP contribution is -2.09. The number of halogens is 2. The van der Waals surface area contributed by atoms with Crippen LogP contribution in [0.2, 0.25) is 10.0 Å². The number of ketones is 1. The number of aliphatic hydroxyl groups excluding tert-OH is 1. The summed E-state index contributed by atoms with van der Waals surface area (Å²) in [6, 6.07) is 5.07. The fourth-order valence-electron chi connectivity index (χ4n) is 2.29. The molecule has 2 aromatic rings. The van der Waals surface area contributed by atoms with Gasteiger partial charge in [-0.3, -0.25) is 4.79 Å². The van der Waals surface area contributed by atoms with Crippen LogP contribution in [0, 0.1) is 0 Å². The lowest BCUT2D eigenvalue weighted by atomic mass is 9.99. The molecule has 0 aromatic heterocycles. The van der Waals surface area contributed by atoms with Crippen LogP contribution in [0.15, 0.2) is 24.3 Å². The number of Topliss-reactive ketones (excluding diaryl/α,β-unsaturated/α-hetero) is 1.